The maximum atomic E-state index is 11.0. The van der Waals surface area contributed by atoms with Crippen molar-refractivity contribution in [3.8, 4) is 11.4 Å². The van der Waals surface area contributed by atoms with Crippen LogP contribution in [0.2, 0.25) is 0 Å². The van der Waals surface area contributed by atoms with Crippen molar-refractivity contribution in [2.45, 2.75) is 0 Å². The molecule has 0 bridgehead atoms. The van der Waals surface area contributed by atoms with Crippen molar-refractivity contribution in [1.82, 2.24) is 9.97 Å². The molecule has 0 amide bonds. The van der Waals surface area contributed by atoms with E-state index in [0.717, 1.165) is 10.0 Å². The topological polar surface area (TPSA) is 75.1 Å². The van der Waals surface area contributed by atoms with E-state index in [1.54, 1.807) is 7.05 Å². The van der Waals surface area contributed by atoms with Crippen LogP contribution in [0, 0.1) is 0 Å². The summed E-state index contributed by atoms with van der Waals surface area (Å²) in [6.45, 7) is 0. The number of halogens is 1. The minimum Gasteiger partial charge on any atom is -0.477 e. The highest BCUT2D eigenvalue weighted by molar-refractivity contribution is 9.10. The number of hydrogen-bond donors (Lipinski definition) is 2. The summed E-state index contributed by atoms with van der Waals surface area (Å²) in [7, 11) is 1.68. The molecule has 5 nitrogen and oxygen atoms in total. The van der Waals surface area contributed by atoms with Gasteiger partial charge < -0.3 is 10.4 Å². The number of nitrogens with zero attached hydrogens (tertiary/aromatic N) is 2. The van der Waals surface area contributed by atoms with Gasteiger partial charge >= 0.3 is 5.97 Å². The summed E-state index contributed by atoms with van der Waals surface area (Å²) in [5.41, 5.74) is 0.706. The van der Waals surface area contributed by atoms with E-state index in [9.17, 15) is 4.79 Å². The van der Waals surface area contributed by atoms with E-state index in [2.05, 4.69) is 31.2 Å². The van der Waals surface area contributed by atoms with Crippen LogP contribution in [0.4, 0.5) is 5.82 Å². The summed E-state index contributed by atoms with van der Waals surface area (Å²) in [4.78, 5) is 19.3. The highest BCUT2D eigenvalue weighted by Gasteiger charge is 2.12. The minimum atomic E-state index is -1.08. The number of anilines is 1. The zero-order valence-corrected chi connectivity index (χ0v) is 11.1. The van der Waals surface area contributed by atoms with E-state index in [1.165, 1.54) is 6.07 Å². The molecule has 0 radical (unpaired) electrons. The highest BCUT2D eigenvalue weighted by Crippen LogP contribution is 2.26. The summed E-state index contributed by atoms with van der Waals surface area (Å²) >= 11 is 3.39. The summed E-state index contributed by atoms with van der Waals surface area (Å²) in [5.74, 6) is -0.248. The zero-order valence-electron chi connectivity index (χ0n) is 9.51. The van der Waals surface area contributed by atoms with Gasteiger partial charge in [0, 0.05) is 23.2 Å². The lowest BCUT2D eigenvalue weighted by atomic mass is 10.2. The van der Waals surface area contributed by atoms with Gasteiger partial charge in [-0.2, -0.15) is 0 Å². The lowest BCUT2D eigenvalue weighted by Crippen LogP contribution is -2.06. The molecule has 1 aromatic carbocycles. The first-order valence-corrected chi connectivity index (χ1v) is 5.96. The monoisotopic (exact) mass is 307 g/mol. The molecule has 0 aliphatic rings. The Morgan fingerprint density at radius 3 is 2.67 bits per heavy atom. The predicted molar refractivity (Wildman–Crippen MR) is 71.7 cm³/mol. The third-order valence-corrected chi connectivity index (χ3v) is 3.01. The Bertz CT molecular complexity index is 602. The standard InChI is InChI=1S/C12H10BrN3O2/c1-14-10-6-9(12(17)18)15-11(16-10)7-4-2-3-5-8(7)13/h2-6H,1H3,(H,17,18)(H,14,15,16). The van der Waals surface area contributed by atoms with Crippen LogP contribution in [-0.4, -0.2) is 28.1 Å². The van der Waals surface area contributed by atoms with E-state index in [0.29, 0.717) is 11.6 Å². The van der Waals surface area contributed by atoms with Gasteiger partial charge in [-0.05, 0) is 6.07 Å². The summed E-state index contributed by atoms with van der Waals surface area (Å²) in [6.07, 6.45) is 0. The zero-order chi connectivity index (χ0) is 13.1. The van der Waals surface area contributed by atoms with E-state index in [1.807, 2.05) is 24.3 Å². The van der Waals surface area contributed by atoms with Crippen molar-refractivity contribution >= 4 is 27.7 Å². The molecule has 0 saturated carbocycles. The van der Waals surface area contributed by atoms with Gasteiger partial charge in [0.25, 0.3) is 0 Å². The smallest absolute Gasteiger partial charge is 0.354 e. The number of benzene rings is 1. The van der Waals surface area contributed by atoms with Gasteiger partial charge in [-0.1, -0.05) is 34.1 Å². The van der Waals surface area contributed by atoms with Crippen molar-refractivity contribution in [2.75, 3.05) is 12.4 Å². The molecular weight excluding hydrogens is 298 g/mol. The van der Waals surface area contributed by atoms with Gasteiger partial charge in [0.05, 0.1) is 0 Å². The van der Waals surface area contributed by atoms with Crippen LogP contribution in [0.25, 0.3) is 11.4 Å². The predicted octanol–water partition coefficient (Wildman–Crippen LogP) is 2.65. The molecule has 1 heterocycles. The number of hydrogen-bond acceptors (Lipinski definition) is 4. The summed E-state index contributed by atoms with van der Waals surface area (Å²) < 4.78 is 0.814. The van der Waals surface area contributed by atoms with Gasteiger partial charge in [0.15, 0.2) is 11.5 Å². The molecule has 0 atom stereocenters. The third kappa shape index (κ3) is 2.48. The maximum absolute atomic E-state index is 11.0. The molecule has 18 heavy (non-hydrogen) atoms. The van der Waals surface area contributed by atoms with Gasteiger partial charge in [0.1, 0.15) is 5.82 Å². The lowest BCUT2D eigenvalue weighted by molar-refractivity contribution is 0.0690. The van der Waals surface area contributed by atoms with Crippen LogP contribution in [-0.2, 0) is 0 Å². The molecule has 0 aliphatic heterocycles. The first-order chi connectivity index (χ1) is 8.61. The molecule has 0 spiro atoms. The van der Waals surface area contributed by atoms with Crippen LogP contribution >= 0.6 is 15.9 Å². The normalized spacial score (nSPS) is 10.1. The Morgan fingerprint density at radius 1 is 1.33 bits per heavy atom. The van der Waals surface area contributed by atoms with E-state index in [4.69, 9.17) is 5.11 Å². The molecule has 0 unspecified atom stereocenters. The fourth-order valence-corrected chi connectivity index (χ4v) is 1.91. The van der Waals surface area contributed by atoms with Crippen molar-refractivity contribution in [3.63, 3.8) is 0 Å². The third-order valence-electron chi connectivity index (χ3n) is 2.32. The second-order valence-electron chi connectivity index (χ2n) is 3.50. The molecule has 92 valence electrons. The maximum Gasteiger partial charge on any atom is 0.354 e. The van der Waals surface area contributed by atoms with Crippen LogP contribution in [0.5, 0.6) is 0 Å². The second kappa shape index (κ2) is 5.14. The SMILES string of the molecule is CNc1cc(C(=O)O)nc(-c2ccccc2Br)n1. The van der Waals surface area contributed by atoms with Crippen molar-refractivity contribution in [1.29, 1.82) is 0 Å². The Hall–Kier alpha value is -1.95. The second-order valence-corrected chi connectivity index (χ2v) is 4.35. The van der Waals surface area contributed by atoms with Crippen LogP contribution in [0.3, 0.4) is 0 Å². The van der Waals surface area contributed by atoms with E-state index >= 15 is 0 Å². The highest BCUT2D eigenvalue weighted by atomic mass is 79.9. The molecule has 1 aromatic heterocycles. The largest absolute Gasteiger partial charge is 0.477 e. The molecule has 2 rings (SSSR count). The number of nitrogens with one attached hydrogen (secondary N) is 1. The van der Waals surface area contributed by atoms with E-state index in [-0.39, 0.29) is 5.69 Å². The number of aromatic nitrogens is 2. The number of aromatic carboxylic acids is 1. The first kappa shape index (κ1) is 12.5. The van der Waals surface area contributed by atoms with Crippen molar-refractivity contribution in [2.24, 2.45) is 0 Å². The van der Waals surface area contributed by atoms with Crippen molar-refractivity contribution < 1.29 is 9.90 Å². The van der Waals surface area contributed by atoms with Gasteiger partial charge in [0.2, 0.25) is 0 Å². The lowest BCUT2D eigenvalue weighted by Gasteiger charge is -2.07. The van der Waals surface area contributed by atoms with Crippen LogP contribution < -0.4 is 5.32 Å². The van der Waals surface area contributed by atoms with Gasteiger partial charge in [-0.3, -0.25) is 0 Å². The van der Waals surface area contributed by atoms with Crippen LogP contribution in [0.1, 0.15) is 10.5 Å². The number of carboxylic acid groups (broad SMARTS) is 1. The molecular formula is C12H10BrN3O2. The first-order valence-electron chi connectivity index (χ1n) is 5.17. The average molecular weight is 308 g/mol. The van der Waals surface area contributed by atoms with E-state index < -0.39 is 5.97 Å². The molecule has 0 fully saturated rings. The summed E-state index contributed by atoms with van der Waals surface area (Å²) in [6, 6.07) is 8.78. The minimum absolute atomic E-state index is 0.0416. The van der Waals surface area contributed by atoms with Crippen LogP contribution in [0.15, 0.2) is 34.8 Å². The Balaban J connectivity index is 2.60. The fourth-order valence-electron chi connectivity index (χ4n) is 1.45. The van der Waals surface area contributed by atoms with Gasteiger partial charge in [-0.15, -0.1) is 0 Å². The average Bonchev–Trinajstić information content (AvgIpc) is 2.38. The summed E-state index contributed by atoms with van der Waals surface area (Å²) in [5, 5.41) is 11.8. The number of rotatable bonds is 3. The quantitative estimate of drug-likeness (QED) is 0.911. The Kier molecular flexibility index (Phi) is 3.57. The molecule has 0 aliphatic carbocycles. The van der Waals surface area contributed by atoms with Crippen molar-refractivity contribution in [3.05, 3.63) is 40.5 Å². The van der Waals surface area contributed by atoms with Gasteiger partial charge in [-0.25, -0.2) is 14.8 Å². The Morgan fingerprint density at radius 2 is 2.06 bits per heavy atom. The fraction of sp³-hybridized carbons (Fsp3) is 0.0833. The molecule has 6 heteroatoms. The molecule has 0 saturated heterocycles. The number of carbonyl (C=O) groups is 1. The molecule has 2 aromatic rings. The number of carboxylic acids is 1. The Labute approximate surface area is 112 Å². The molecule has 2 N–H and O–H groups in total.